The van der Waals surface area contributed by atoms with Gasteiger partial charge < -0.3 is 10.1 Å². The number of carbonyl (C=O) groups is 2. The van der Waals surface area contributed by atoms with Crippen molar-refractivity contribution in [2.24, 2.45) is 0 Å². The average molecular weight is 502 g/mol. The number of aromatic nitrogens is 2. The van der Waals surface area contributed by atoms with Crippen LogP contribution in [0.1, 0.15) is 40.2 Å². The molecule has 1 unspecified atom stereocenters. The second kappa shape index (κ2) is 11.5. The maximum absolute atomic E-state index is 14.1. The zero-order valence-corrected chi connectivity index (χ0v) is 21.0. The standard InChI is InChI=1S/C32H27N3O3/c1-22(36)38-32(25-14-6-3-7-15-25)35-31(37)29-26-16-8-9-17-28(26)34-30(24-12-4-2-5-13-24)27(29)19-18-23-11-10-20-33-21-23/h2-17,20-21,32H,18-19H2,1H3,(H,35,37). The molecular formula is C32H27N3O3. The lowest BCUT2D eigenvalue weighted by Crippen LogP contribution is -2.32. The molecule has 3 aromatic carbocycles. The molecule has 1 atom stereocenters. The number of fused-ring (bicyclic) bond motifs is 1. The fourth-order valence-electron chi connectivity index (χ4n) is 4.57. The predicted octanol–water partition coefficient (Wildman–Crippen LogP) is 6.07. The summed E-state index contributed by atoms with van der Waals surface area (Å²) in [5.74, 6) is -0.822. The van der Waals surface area contributed by atoms with Crippen LogP contribution in [0.5, 0.6) is 0 Å². The predicted molar refractivity (Wildman–Crippen MR) is 147 cm³/mol. The topological polar surface area (TPSA) is 81.2 Å². The summed E-state index contributed by atoms with van der Waals surface area (Å²) in [5.41, 5.74) is 5.47. The molecule has 0 saturated carbocycles. The molecule has 1 N–H and O–H groups in total. The first-order chi connectivity index (χ1) is 18.6. The van der Waals surface area contributed by atoms with E-state index in [1.54, 1.807) is 6.20 Å². The normalized spacial score (nSPS) is 11.6. The van der Waals surface area contributed by atoms with Gasteiger partial charge in [0.25, 0.3) is 5.91 Å². The van der Waals surface area contributed by atoms with Crippen LogP contribution in [0.2, 0.25) is 0 Å². The lowest BCUT2D eigenvalue weighted by Gasteiger charge is -2.22. The van der Waals surface area contributed by atoms with Gasteiger partial charge in [0, 0.05) is 35.8 Å². The van der Waals surface area contributed by atoms with Gasteiger partial charge in [-0.05, 0) is 36.1 Å². The van der Waals surface area contributed by atoms with Crippen LogP contribution in [0.15, 0.2) is 109 Å². The molecule has 0 fully saturated rings. The molecular weight excluding hydrogens is 474 g/mol. The highest BCUT2D eigenvalue weighted by Crippen LogP contribution is 2.32. The number of nitrogens with zero attached hydrogens (tertiary/aromatic N) is 2. The Kier molecular flexibility index (Phi) is 7.50. The fraction of sp³-hybridized carbons (Fsp3) is 0.125. The number of benzene rings is 3. The van der Waals surface area contributed by atoms with E-state index in [0.29, 0.717) is 29.5 Å². The minimum atomic E-state index is -0.931. The highest BCUT2D eigenvalue weighted by atomic mass is 16.6. The monoisotopic (exact) mass is 501 g/mol. The third kappa shape index (κ3) is 5.60. The van der Waals surface area contributed by atoms with Gasteiger partial charge in [0.2, 0.25) is 6.23 Å². The second-order valence-corrected chi connectivity index (χ2v) is 8.93. The molecule has 0 spiro atoms. The van der Waals surface area contributed by atoms with Crippen LogP contribution in [-0.4, -0.2) is 21.8 Å². The second-order valence-electron chi connectivity index (χ2n) is 8.93. The fourth-order valence-corrected chi connectivity index (χ4v) is 4.57. The highest BCUT2D eigenvalue weighted by molar-refractivity contribution is 6.09. The molecule has 6 heteroatoms. The van der Waals surface area contributed by atoms with Crippen molar-refractivity contribution in [3.63, 3.8) is 0 Å². The number of rotatable bonds is 8. The molecule has 188 valence electrons. The number of hydrogen-bond acceptors (Lipinski definition) is 5. The Balaban J connectivity index is 1.65. The van der Waals surface area contributed by atoms with Crippen molar-refractivity contribution in [3.8, 4) is 11.3 Å². The van der Waals surface area contributed by atoms with Crippen molar-refractivity contribution < 1.29 is 14.3 Å². The Morgan fingerprint density at radius 2 is 1.55 bits per heavy atom. The van der Waals surface area contributed by atoms with E-state index in [4.69, 9.17) is 9.72 Å². The molecule has 0 aliphatic heterocycles. The Bertz CT molecular complexity index is 1560. The van der Waals surface area contributed by atoms with E-state index >= 15 is 0 Å². The quantitative estimate of drug-likeness (QED) is 0.206. The van der Waals surface area contributed by atoms with E-state index < -0.39 is 12.2 Å². The highest BCUT2D eigenvalue weighted by Gasteiger charge is 2.25. The molecule has 5 rings (SSSR count). The first kappa shape index (κ1) is 24.8. The number of carbonyl (C=O) groups excluding carboxylic acids is 2. The first-order valence-electron chi connectivity index (χ1n) is 12.5. The Morgan fingerprint density at radius 3 is 2.26 bits per heavy atom. The summed E-state index contributed by atoms with van der Waals surface area (Å²) < 4.78 is 5.53. The maximum Gasteiger partial charge on any atom is 0.304 e. The number of hydrogen-bond donors (Lipinski definition) is 1. The van der Waals surface area contributed by atoms with Gasteiger partial charge in [-0.2, -0.15) is 0 Å². The van der Waals surface area contributed by atoms with Crippen molar-refractivity contribution in [2.75, 3.05) is 0 Å². The van der Waals surface area contributed by atoms with Gasteiger partial charge in [-0.1, -0.05) is 84.9 Å². The lowest BCUT2D eigenvalue weighted by atomic mass is 9.92. The Labute approximate surface area is 221 Å². The van der Waals surface area contributed by atoms with Crippen LogP contribution in [0.4, 0.5) is 0 Å². The van der Waals surface area contributed by atoms with E-state index in [1.807, 2.05) is 103 Å². The zero-order valence-electron chi connectivity index (χ0n) is 21.0. The minimum Gasteiger partial charge on any atom is -0.437 e. The molecule has 2 aromatic heterocycles. The summed E-state index contributed by atoms with van der Waals surface area (Å²) in [6.07, 6.45) is 3.90. The largest absolute Gasteiger partial charge is 0.437 e. The average Bonchev–Trinajstić information content (AvgIpc) is 2.96. The third-order valence-electron chi connectivity index (χ3n) is 6.30. The van der Waals surface area contributed by atoms with E-state index in [0.717, 1.165) is 27.8 Å². The smallest absolute Gasteiger partial charge is 0.304 e. The molecule has 0 aliphatic carbocycles. The van der Waals surface area contributed by atoms with Crippen LogP contribution >= 0.6 is 0 Å². The van der Waals surface area contributed by atoms with Gasteiger partial charge >= 0.3 is 5.97 Å². The molecule has 6 nitrogen and oxygen atoms in total. The summed E-state index contributed by atoms with van der Waals surface area (Å²) >= 11 is 0. The third-order valence-corrected chi connectivity index (χ3v) is 6.30. The van der Waals surface area contributed by atoms with Gasteiger partial charge in [-0.25, -0.2) is 4.98 Å². The summed E-state index contributed by atoms with van der Waals surface area (Å²) in [7, 11) is 0. The summed E-state index contributed by atoms with van der Waals surface area (Å²) in [6, 6.07) is 30.6. The number of esters is 1. The van der Waals surface area contributed by atoms with Crippen molar-refractivity contribution in [3.05, 3.63) is 132 Å². The van der Waals surface area contributed by atoms with Crippen molar-refractivity contribution in [2.45, 2.75) is 26.0 Å². The first-order valence-corrected chi connectivity index (χ1v) is 12.5. The summed E-state index contributed by atoms with van der Waals surface area (Å²) in [5, 5.41) is 3.70. The van der Waals surface area contributed by atoms with E-state index in [-0.39, 0.29) is 5.91 Å². The van der Waals surface area contributed by atoms with Crippen LogP contribution in [0, 0.1) is 0 Å². The van der Waals surface area contributed by atoms with E-state index in [2.05, 4.69) is 10.3 Å². The number of pyridine rings is 2. The number of aryl methyl sites for hydroxylation is 1. The van der Waals surface area contributed by atoms with Gasteiger partial charge in [0.05, 0.1) is 16.8 Å². The lowest BCUT2D eigenvalue weighted by molar-refractivity contribution is -0.147. The maximum atomic E-state index is 14.1. The summed E-state index contributed by atoms with van der Waals surface area (Å²) in [6.45, 7) is 1.33. The number of amides is 1. The van der Waals surface area contributed by atoms with Gasteiger partial charge in [0.15, 0.2) is 0 Å². The van der Waals surface area contributed by atoms with Crippen LogP contribution < -0.4 is 5.32 Å². The van der Waals surface area contributed by atoms with Crippen LogP contribution in [0.25, 0.3) is 22.2 Å². The van der Waals surface area contributed by atoms with Crippen LogP contribution in [0.3, 0.4) is 0 Å². The SMILES string of the molecule is CC(=O)OC(NC(=O)c1c(CCc2cccnc2)c(-c2ccccc2)nc2ccccc12)c1ccccc1. The molecule has 38 heavy (non-hydrogen) atoms. The number of ether oxygens (including phenoxy) is 1. The Hall–Kier alpha value is -4.84. The molecule has 0 aliphatic rings. The number of nitrogens with one attached hydrogen (secondary N) is 1. The van der Waals surface area contributed by atoms with Crippen LogP contribution in [-0.2, 0) is 22.4 Å². The van der Waals surface area contributed by atoms with Gasteiger partial charge in [0.1, 0.15) is 0 Å². The molecule has 5 aromatic rings. The van der Waals surface area contributed by atoms with Gasteiger partial charge in [-0.3, -0.25) is 14.6 Å². The molecule has 0 bridgehead atoms. The number of para-hydroxylation sites is 1. The summed E-state index contributed by atoms with van der Waals surface area (Å²) in [4.78, 5) is 35.3. The van der Waals surface area contributed by atoms with Crippen molar-refractivity contribution in [1.29, 1.82) is 0 Å². The Morgan fingerprint density at radius 1 is 0.842 bits per heavy atom. The van der Waals surface area contributed by atoms with E-state index in [1.165, 1.54) is 6.92 Å². The molecule has 0 radical (unpaired) electrons. The van der Waals surface area contributed by atoms with Gasteiger partial charge in [-0.15, -0.1) is 0 Å². The van der Waals surface area contributed by atoms with Crippen molar-refractivity contribution >= 4 is 22.8 Å². The molecule has 2 heterocycles. The zero-order chi connectivity index (χ0) is 26.3. The van der Waals surface area contributed by atoms with Crippen molar-refractivity contribution in [1.82, 2.24) is 15.3 Å². The molecule has 1 amide bonds. The molecule has 0 saturated heterocycles. The minimum absolute atomic E-state index is 0.336. The van der Waals surface area contributed by atoms with E-state index in [9.17, 15) is 9.59 Å².